The van der Waals surface area contributed by atoms with Crippen LogP contribution in [0.2, 0.25) is 0 Å². The van der Waals surface area contributed by atoms with Crippen LogP contribution in [-0.2, 0) is 11.3 Å². The highest BCUT2D eigenvalue weighted by Gasteiger charge is 2.17. The molecule has 3 heterocycles. The van der Waals surface area contributed by atoms with Crippen LogP contribution in [0.3, 0.4) is 0 Å². The first-order valence-corrected chi connectivity index (χ1v) is 7.49. The molecule has 0 radical (unpaired) electrons. The highest BCUT2D eigenvalue weighted by atomic mass is 79.9. The van der Waals surface area contributed by atoms with Crippen molar-refractivity contribution in [2.45, 2.75) is 19.1 Å². The van der Waals surface area contributed by atoms with Gasteiger partial charge in [-0.25, -0.2) is 15.0 Å². The van der Waals surface area contributed by atoms with Crippen LogP contribution < -0.4 is 10.1 Å². The lowest BCUT2D eigenvalue weighted by Gasteiger charge is -2.11. The van der Waals surface area contributed by atoms with Crippen LogP contribution in [0.15, 0.2) is 35.2 Å². The number of anilines is 1. The highest BCUT2D eigenvalue weighted by molar-refractivity contribution is 9.10. The third-order valence-electron chi connectivity index (χ3n) is 3.05. The third kappa shape index (κ3) is 4.12. The first kappa shape index (κ1) is 14.2. The van der Waals surface area contributed by atoms with Crippen LogP contribution >= 0.6 is 15.9 Å². The van der Waals surface area contributed by atoms with E-state index in [2.05, 4.69) is 36.2 Å². The summed E-state index contributed by atoms with van der Waals surface area (Å²) in [7, 11) is 0. The maximum atomic E-state index is 5.78. The molecule has 0 aromatic carbocycles. The normalized spacial score (nSPS) is 17.7. The molecule has 0 aliphatic carbocycles. The second-order valence-corrected chi connectivity index (χ2v) is 5.60. The summed E-state index contributed by atoms with van der Waals surface area (Å²) >= 11 is 3.30. The van der Waals surface area contributed by atoms with Crippen molar-refractivity contribution >= 4 is 21.9 Å². The lowest BCUT2D eigenvalue weighted by Crippen LogP contribution is -2.16. The summed E-state index contributed by atoms with van der Waals surface area (Å²) in [5.74, 6) is 1.21. The average molecular weight is 351 g/mol. The van der Waals surface area contributed by atoms with Crippen molar-refractivity contribution in [1.82, 2.24) is 15.0 Å². The van der Waals surface area contributed by atoms with Gasteiger partial charge in [-0.05, 0) is 27.6 Å². The smallest absolute Gasteiger partial charge is 0.222 e. The Balaban J connectivity index is 1.58. The minimum atomic E-state index is 0.107. The van der Waals surface area contributed by atoms with Crippen LogP contribution in [-0.4, -0.2) is 34.3 Å². The van der Waals surface area contributed by atoms with E-state index in [9.17, 15) is 0 Å². The topological polar surface area (TPSA) is 69.2 Å². The second kappa shape index (κ2) is 6.82. The molecule has 1 unspecified atom stereocenters. The van der Waals surface area contributed by atoms with Crippen molar-refractivity contribution in [3.63, 3.8) is 0 Å². The van der Waals surface area contributed by atoms with Gasteiger partial charge in [0, 0.05) is 37.6 Å². The van der Waals surface area contributed by atoms with Crippen LogP contribution in [0.5, 0.6) is 5.88 Å². The van der Waals surface area contributed by atoms with Gasteiger partial charge in [0.1, 0.15) is 6.10 Å². The molecule has 1 aliphatic rings. The van der Waals surface area contributed by atoms with E-state index in [0.29, 0.717) is 25.0 Å². The minimum Gasteiger partial charge on any atom is -0.472 e. The van der Waals surface area contributed by atoms with Crippen molar-refractivity contribution in [3.8, 4) is 5.88 Å². The van der Waals surface area contributed by atoms with Gasteiger partial charge in [0.05, 0.1) is 17.7 Å². The molecule has 6 nitrogen and oxygen atoms in total. The fourth-order valence-corrected chi connectivity index (χ4v) is 2.19. The SMILES string of the molecule is Brc1cnc(NCc2ccnc(OC3CCOC3)c2)nc1. The molecule has 0 spiro atoms. The summed E-state index contributed by atoms with van der Waals surface area (Å²) in [6, 6.07) is 3.86. The van der Waals surface area contributed by atoms with E-state index in [0.717, 1.165) is 23.1 Å². The fourth-order valence-electron chi connectivity index (χ4n) is 1.99. The Morgan fingerprint density at radius 1 is 1.33 bits per heavy atom. The maximum absolute atomic E-state index is 5.78. The van der Waals surface area contributed by atoms with Crippen LogP contribution in [0, 0.1) is 0 Å². The minimum absolute atomic E-state index is 0.107. The van der Waals surface area contributed by atoms with E-state index < -0.39 is 0 Å². The lowest BCUT2D eigenvalue weighted by atomic mass is 10.2. The molecule has 21 heavy (non-hydrogen) atoms. The molecule has 110 valence electrons. The van der Waals surface area contributed by atoms with Gasteiger partial charge < -0.3 is 14.8 Å². The summed E-state index contributed by atoms with van der Waals surface area (Å²) in [6.07, 6.45) is 6.17. The van der Waals surface area contributed by atoms with E-state index in [1.807, 2.05) is 12.1 Å². The molecule has 2 aromatic rings. The van der Waals surface area contributed by atoms with E-state index in [-0.39, 0.29) is 6.10 Å². The van der Waals surface area contributed by atoms with Crippen LogP contribution in [0.4, 0.5) is 5.95 Å². The molecule has 3 rings (SSSR count). The number of halogens is 1. The van der Waals surface area contributed by atoms with Gasteiger partial charge in [0.2, 0.25) is 11.8 Å². The quantitative estimate of drug-likeness (QED) is 0.892. The molecule has 1 aliphatic heterocycles. The molecular formula is C14H15BrN4O2. The van der Waals surface area contributed by atoms with E-state index in [4.69, 9.17) is 9.47 Å². The number of pyridine rings is 1. The summed E-state index contributed by atoms with van der Waals surface area (Å²) in [5, 5.41) is 3.16. The van der Waals surface area contributed by atoms with Gasteiger partial charge in [0.15, 0.2) is 0 Å². The van der Waals surface area contributed by atoms with Crippen molar-refractivity contribution < 1.29 is 9.47 Å². The average Bonchev–Trinajstić information content (AvgIpc) is 3.00. The Hall–Kier alpha value is -1.73. The predicted octanol–water partition coefficient (Wildman–Crippen LogP) is 2.41. The van der Waals surface area contributed by atoms with Crippen molar-refractivity contribution in [2.24, 2.45) is 0 Å². The van der Waals surface area contributed by atoms with Gasteiger partial charge >= 0.3 is 0 Å². The largest absolute Gasteiger partial charge is 0.472 e. The highest BCUT2D eigenvalue weighted by Crippen LogP contribution is 2.16. The Bertz CT molecular complexity index is 588. The zero-order valence-corrected chi connectivity index (χ0v) is 12.9. The van der Waals surface area contributed by atoms with E-state index >= 15 is 0 Å². The first-order chi connectivity index (χ1) is 10.3. The Morgan fingerprint density at radius 3 is 2.95 bits per heavy atom. The van der Waals surface area contributed by atoms with Crippen molar-refractivity contribution in [1.29, 1.82) is 0 Å². The van der Waals surface area contributed by atoms with E-state index in [1.165, 1.54) is 0 Å². The van der Waals surface area contributed by atoms with Crippen molar-refractivity contribution in [2.75, 3.05) is 18.5 Å². The summed E-state index contributed by atoms with van der Waals surface area (Å²) in [6.45, 7) is 2.01. The van der Waals surface area contributed by atoms with E-state index in [1.54, 1.807) is 18.6 Å². The number of hydrogen-bond donors (Lipinski definition) is 1. The van der Waals surface area contributed by atoms with Gasteiger partial charge in [-0.1, -0.05) is 0 Å². The Kier molecular flexibility index (Phi) is 4.62. The number of hydrogen-bond acceptors (Lipinski definition) is 6. The van der Waals surface area contributed by atoms with Gasteiger partial charge in [-0.3, -0.25) is 0 Å². The number of nitrogens with zero attached hydrogens (tertiary/aromatic N) is 3. The number of ether oxygens (including phenoxy) is 2. The number of rotatable bonds is 5. The number of nitrogens with one attached hydrogen (secondary N) is 1. The molecule has 0 saturated carbocycles. The zero-order valence-electron chi connectivity index (χ0n) is 11.3. The molecule has 0 amide bonds. The molecule has 1 saturated heterocycles. The standard InChI is InChI=1S/C14H15BrN4O2/c15-11-7-18-14(19-8-11)17-6-10-1-3-16-13(5-10)21-12-2-4-20-9-12/h1,3,5,7-8,12H,2,4,6,9H2,(H,17,18,19). The molecule has 2 aromatic heterocycles. The maximum Gasteiger partial charge on any atom is 0.222 e. The molecule has 1 fully saturated rings. The van der Waals surface area contributed by atoms with Gasteiger partial charge in [-0.2, -0.15) is 0 Å². The summed E-state index contributed by atoms with van der Waals surface area (Å²) in [4.78, 5) is 12.6. The summed E-state index contributed by atoms with van der Waals surface area (Å²) < 4.78 is 11.9. The molecule has 1 N–H and O–H groups in total. The first-order valence-electron chi connectivity index (χ1n) is 6.70. The molecule has 7 heteroatoms. The van der Waals surface area contributed by atoms with Crippen LogP contribution in [0.25, 0.3) is 0 Å². The van der Waals surface area contributed by atoms with Gasteiger partial charge in [-0.15, -0.1) is 0 Å². The fraction of sp³-hybridized carbons (Fsp3) is 0.357. The molecule has 0 bridgehead atoms. The van der Waals surface area contributed by atoms with Gasteiger partial charge in [0.25, 0.3) is 0 Å². The van der Waals surface area contributed by atoms with Crippen molar-refractivity contribution in [3.05, 3.63) is 40.8 Å². The second-order valence-electron chi connectivity index (χ2n) is 4.68. The Labute approximate surface area is 131 Å². The lowest BCUT2D eigenvalue weighted by molar-refractivity contribution is 0.138. The zero-order chi connectivity index (χ0) is 14.5. The molecule has 1 atom stereocenters. The monoisotopic (exact) mass is 350 g/mol. The number of aromatic nitrogens is 3. The summed E-state index contributed by atoms with van der Waals surface area (Å²) in [5.41, 5.74) is 1.06. The predicted molar refractivity (Wildman–Crippen MR) is 81.1 cm³/mol. The van der Waals surface area contributed by atoms with Crippen LogP contribution in [0.1, 0.15) is 12.0 Å². The third-order valence-corrected chi connectivity index (χ3v) is 3.46. The Morgan fingerprint density at radius 2 is 2.19 bits per heavy atom. The molecular weight excluding hydrogens is 336 g/mol.